The molecule has 0 bridgehead atoms. The summed E-state index contributed by atoms with van der Waals surface area (Å²) in [6.07, 6.45) is 3.63. The molecule has 1 fully saturated rings. The van der Waals surface area contributed by atoms with Gasteiger partial charge in [-0.05, 0) is 43.4 Å². The van der Waals surface area contributed by atoms with E-state index in [4.69, 9.17) is 0 Å². The molecule has 1 saturated heterocycles. The highest BCUT2D eigenvalue weighted by molar-refractivity contribution is 7.89. The number of fused-ring (bicyclic) bond motifs is 1. The Morgan fingerprint density at radius 3 is 2.70 bits per heavy atom. The van der Waals surface area contributed by atoms with E-state index in [1.54, 1.807) is 4.31 Å². The highest BCUT2D eigenvalue weighted by Crippen LogP contribution is 2.24. The molecule has 110 valence electrons. The first-order chi connectivity index (χ1) is 9.68. The first-order valence-electron chi connectivity index (χ1n) is 7.44. The fourth-order valence-electron chi connectivity index (χ4n) is 3.17. The van der Waals surface area contributed by atoms with Crippen LogP contribution in [0.3, 0.4) is 0 Å². The number of piperidine rings is 1. The van der Waals surface area contributed by atoms with Crippen molar-refractivity contribution in [2.45, 2.75) is 37.5 Å². The van der Waals surface area contributed by atoms with Gasteiger partial charge >= 0.3 is 0 Å². The largest absolute Gasteiger partial charge is 0.315 e. The van der Waals surface area contributed by atoms with Gasteiger partial charge in [-0.2, -0.15) is 4.31 Å². The van der Waals surface area contributed by atoms with Crippen LogP contribution in [0.1, 0.15) is 30.4 Å². The van der Waals surface area contributed by atoms with Gasteiger partial charge in [0.1, 0.15) is 0 Å². The number of rotatable bonds is 2. The fraction of sp³-hybridized carbons (Fsp3) is 0.600. The summed E-state index contributed by atoms with van der Waals surface area (Å²) in [4.78, 5) is 0. The summed E-state index contributed by atoms with van der Waals surface area (Å²) < 4.78 is 27.3. The number of benzene rings is 1. The summed E-state index contributed by atoms with van der Waals surface area (Å²) in [5.74, 6) is 0. The molecule has 1 unspecified atom stereocenters. The Morgan fingerprint density at radius 2 is 1.95 bits per heavy atom. The highest BCUT2D eigenvalue weighted by Gasteiger charge is 2.33. The molecule has 0 spiro atoms. The summed E-state index contributed by atoms with van der Waals surface area (Å²) in [7, 11) is -3.18. The summed E-state index contributed by atoms with van der Waals surface area (Å²) in [6.45, 7) is 2.72. The molecule has 1 N–H and O–H groups in total. The number of nitrogens with one attached hydrogen (secondary N) is 1. The zero-order valence-electron chi connectivity index (χ0n) is 11.7. The van der Waals surface area contributed by atoms with Crippen LogP contribution in [0.5, 0.6) is 0 Å². The van der Waals surface area contributed by atoms with Crippen molar-refractivity contribution in [2.24, 2.45) is 0 Å². The van der Waals surface area contributed by atoms with Crippen LogP contribution in [0.25, 0.3) is 0 Å². The van der Waals surface area contributed by atoms with E-state index >= 15 is 0 Å². The molecule has 1 aromatic rings. The first-order valence-corrected chi connectivity index (χ1v) is 8.95. The third kappa shape index (κ3) is 2.75. The lowest BCUT2D eigenvalue weighted by molar-refractivity contribution is 0.389. The van der Waals surface area contributed by atoms with Gasteiger partial charge in [-0.3, -0.25) is 0 Å². The minimum atomic E-state index is -3.18. The molecule has 0 radical (unpaired) electrons. The molecule has 2 heterocycles. The normalized spacial score (nSPS) is 24.9. The van der Waals surface area contributed by atoms with Crippen LogP contribution in [0.2, 0.25) is 0 Å². The molecule has 0 amide bonds. The Hall–Kier alpha value is -0.910. The van der Waals surface area contributed by atoms with Crippen molar-refractivity contribution >= 4 is 10.0 Å². The van der Waals surface area contributed by atoms with Gasteiger partial charge in [-0.15, -0.1) is 0 Å². The van der Waals surface area contributed by atoms with Crippen LogP contribution in [0.4, 0.5) is 0 Å². The number of nitrogens with zero attached hydrogens (tertiary/aromatic N) is 1. The van der Waals surface area contributed by atoms with Crippen LogP contribution in [-0.4, -0.2) is 37.6 Å². The molecule has 0 aromatic heterocycles. The quantitative estimate of drug-likeness (QED) is 0.899. The van der Waals surface area contributed by atoms with Crippen molar-refractivity contribution in [3.8, 4) is 0 Å². The lowest BCUT2D eigenvalue weighted by atomic mass is 10.0. The molecular weight excluding hydrogens is 272 g/mol. The van der Waals surface area contributed by atoms with Gasteiger partial charge in [-0.25, -0.2) is 8.42 Å². The van der Waals surface area contributed by atoms with E-state index in [1.807, 2.05) is 12.1 Å². The maximum atomic E-state index is 12.8. The van der Waals surface area contributed by atoms with Crippen LogP contribution in [-0.2, 0) is 23.0 Å². The van der Waals surface area contributed by atoms with Crippen LogP contribution in [0, 0.1) is 0 Å². The molecule has 0 saturated carbocycles. The zero-order chi connectivity index (χ0) is 14.0. The lowest BCUT2D eigenvalue weighted by Crippen LogP contribution is -2.46. The molecule has 2 aliphatic rings. The number of sulfonamides is 1. The van der Waals surface area contributed by atoms with E-state index in [1.165, 1.54) is 5.56 Å². The summed E-state index contributed by atoms with van der Waals surface area (Å²) in [6, 6.07) is 8.21. The Morgan fingerprint density at radius 1 is 1.15 bits per heavy atom. The number of aryl methyl sites for hydroxylation is 1. The van der Waals surface area contributed by atoms with Crippen molar-refractivity contribution in [3.05, 3.63) is 35.4 Å². The van der Waals surface area contributed by atoms with Gasteiger partial charge in [0.25, 0.3) is 0 Å². The molecule has 20 heavy (non-hydrogen) atoms. The minimum Gasteiger partial charge on any atom is -0.315 e. The second-order valence-corrected chi connectivity index (χ2v) is 7.93. The molecule has 2 aliphatic heterocycles. The molecule has 5 heteroatoms. The van der Waals surface area contributed by atoms with Crippen molar-refractivity contribution in [3.63, 3.8) is 0 Å². The molecule has 0 aliphatic carbocycles. The Labute approximate surface area is 121 Å². The maximum absolute atomic E-state index is 12.8. The highest BCUT2D eigenvalue weighted by atomic mass is 32.2. The molecule has 1 aromatic carbocycles. The van der Waals surface area contributed by atoms with Gasteiger partial charge in [0.05, 0.1) is 5.25 Å². The lowest BCUT2D eigenvalue weighted by Gasteiger charge is -2.29. The van der Waals surface area contributed by atoms with E-state index in [0.29, 0.717) is 19.6 Å². The van der Waals surface area contributed by atoms with E-state index in [9.17, 15) is 8.42 Å². The van der Waals surface area contributed by atoms with Crippen molar-refractivity contribution in [1.82, 2.24) is 9.62 Å². The summed E-state index contributed by atoms with van der Waals surface area (Å²) in [5.41, 5.74) is 2.46. The van der Waals surface area contributed by atoms with E-state index in [-0.39, 0.29) is 5.25 Å². The molecule has 1 atom stereocenters. The predicted molar refractivity (Wildman–Crippen MR) is 80.0 cm³/mol. The van der Waals surface area contributed by atoms with Crippen molar-refractivity contribution < 1.29 is 8.42 Å². The monoisotopic (exact) mass is 294 g/mol. The molecule has 3 rings (SSSR count). The van der Waals surface area contributed by atoms with Gasteiger partial charge < -0.3 is 5.32 Å². The van der Waals surface area contributed by atoms with Gasteiger partial charge in [0.15, 0.2) is 0 Å². The zero-order valence-corrected chi connectivity index (χ0v) is 12.5. The summed E-state index contributed by atoms with van der Waals surface area (Å²) in [5, 5.41) is 2.96. The third-order valence-corrected chi connectivity index (χ3v) is 6.63. The Kier molecular flexibility index (Phi) is 4.10. The van der Waals surface area contributed by atoms with Gasteiger partial charge in [0, 0.05) is 19.6 Å². The van der Waals surface area contributed by atoms with Crippen molar-refractivity contribution in [2.75, 3.05) is 19.6 Å². The number of hydrogen-bond donors (Lipinski definition) is 1. The minimum absolute atomic E-state index is 0.249. The smallest absolute Gasteiger partial charge is 0.218 e. The topological polar surface area (TPSA) is 49.4 Å². The van der Waals surface area contributed by atoms with Crippen LogP contribution >= 0.6 is 0 Å². The third-order valence-electron chi connectivity index (χ3n) is 4.35. The van der Waals surface area contributed by atoms with Crippen LogP contribution in [0.15, 0.2) is 24.3 Å². The van der Waals surface area contributed by atoms with Crippen molar-refractivity contribution in [1.29, 1.82) is 0 Å². The van der Waals surface area contributed by atoms with E-state index in [2.05, 4.69) is 17.4 Å². The Balaban J connectivity index is 1.83. The molecule has 4 nitrogen and oxygen atoms in total. The van der Waals surface area contributed by atoms with Gasteiger partial charge in [-0.1, -0.05) is 24.3 Å². The fourth-order valence-corrected chi connectivity index (χ4v) is 5.09. The maximum Gasteiger partial charge on any atom is 0.218 e. The average Bonchev–Trinajstić information content (AvgIpc) is 2.71. The Bertz CT molecular complexity index is 565. The van der Waals surface area contributed by atoms with E-state index in [0.717, 1.165) is 37.8 Å². The van der Waals surface area contributed by atoms with Crippen LogP contribution < -0.4 is 5.32 Å². The SMILES string of the molecule is O=S(=O)(C1CCCNC1)N1CCCc2ccccc2C1. The predicted octanol–water partition coefficient (Wildman–Crippen LogP) is 1.52. The summed E-state index contributed by atoms with van der Waals surface area (Å²) >= 11 is 0. The van der Waals surface area contributed by atoms with E-state index < -0.39 is 10.0 Å². The second kappa shape index (κ2) is 5.84. The number of hydrogen-bond acceptors (Lipinski definition) is 3. The standard InChI is InChI=1S/C15H22N2O2S/c18-20(19,15-8-3-9-16-11-15)17-10-4-7-13-5-1-2-6-14(13)12-17/h1-2,5-6,15-16H,3-4,7-12H2. The molecular formula is C15H22N2O2S. The first kappa shape index (κ1) is 14.0. The average molecular weight is 294 g/mol. The second-order valence-electron chi connectivity index (χ2n) is 5.72. The van der Waals surface area contributed by atoms with Gasteiger partial charge in [0.2, 0.25) is 10.0 Å².